The summed E-state index contributed by atoms with van der Waals surface area (Å²) in [6.45, 7) is 1.72. The molecule has 0 saturated carbocycles. The Morgan fingerprint density at radius 3 is 2.69 bits per heavy atom. The average molecular weight is 420 g/mol. The van der Waals surface area contributed by atoms with E-state index in [1.807, 2.05) is 0 Å². The number of amidine groups is 1. The number of amides is 1. The highest BCUT2D eigenvalue weighted by atomic mass is 32.2. The zero-order valence-corrected chi connectivity index (χ0v) is 16.3. The van der Waals surface area contributed by atoms with Crippen molar-refractivity contribution in [2.45, 2.75) is 24.5 Å². The summed E-state index contributed by atoms with van der Waals surface area (Å²) in [6, 6.07) is 6.40. The van der Waals surface area contributed by atoms with E-state index in [2.05, 4.69) is 15.3 Å². The predicted molar refractivity (Wildman–Crippen MR) is 104 cm³/mol. The first-order valence-corrected chi connectivity index (χ1v) is 10.3. The van der Waals surface area contributed by atoms with Crippen LogP contribution in [0.5, 0.6) is 0 Å². The van der Waals surface area contributed by atoms with Gasteiger partial charge in [0, 0.05) is 28.5 Å². The third-order valence-corrected chi connectivity index (χ3v) is 6.65. The van der Waals surface area contributed by atoms with Gasteiger partial charge in [-0.15, -0.1) is 0 Å². The lowest BCUT2D eigenvalue weighted by atomic mass is 9.80. The Bertz CT molecular complexity index is 1040. The van der Waals surface area contributed by atoms with E-state index in [1.165, 1.54) is 24.3 Å². The summed E-state index contributed by atoms with van der Waals surface area (Å²) in [4.78, 5) is 20.4. The van der Waals surface area contributed by atoms with Gasteiger partial charge in [-0.1, -0.05) is 0 Å². The van der Waals surface area contributed by atoms with E-state index in [-0.39, 0.29) is 17.3 Å². The minimum absolute atomic E-state index is 0.0210. The number of carbonyl (C=O) groups excluding carboxylic acids is 1. The van der Waals surface area contributed by atoms with Crippen LogP contribution in [0.4, 0.5) is 14.5 Å². The number of halogens is 2. The highest BCUT2D eigenvalue weighted by Gasteiger charge is 2.53. The summed E-state index contributed by atoms with van der Waals surface area (Å²) in [5, 5.41) is 2.62. The Hall–Kier alpha value is -2.88. The van der Waals surface area contributed by atoms with E-state index in [0.29, 0.717) is 23.6 Å². The maximum Gasteiger partial charge on any atom is 0.283 e. The number of aromatic nitrogens is 1. The average Bonchev–Trinajstić information content (AvgIpc) is 2.62. The molecule has 2 aromatic rings. The number of benzene rings is 1. The van der Waals surface area contributed by atoms with Crippen LogP contribution >= 0.6 is 0 Å². The lowest BCUT2D eigenvalue weighted by Gasteiger charge is -2.47. The highest BCUT2D eigenvalue weighted by molar-refractivity contribution is 7.86. The van der Waals surface area contributed by atoms with Crippen LogP contribution in [0.15, 0.2) is 41.5 Å². The molecule has 0 aliphatic carbocycles. The summed E-state index contributed by atoms with van der Waals surface area (Å²) in [5.74, 6) is -1.01. The standard InChI is InChI=1S/C19H18F2N4O3S/c1-18(8-19(9-29(27)10-19)28-17(22)25-18)13-6-12(3-4-14(13)21)24-16(26)15-5-2-11(20)7-23-15/h2-7H,8-10H2,1H3,(H2,22,25)(H,24,26). The van der Waals surface area contributed by atoms with Crippen LogP contribution in [0.25, 0.3) is 0 Å². The van der Waals surface area contributed by atoms with Crippen LogP contribution in [0.1, 0.15) is 29.4 Å². The molecule has 29 heavy (non-hydrogen) atoms. The van der Waals surface area contributed by atoms with Gasteiger partial charge in [-0.2, -0.15) is 0 Å². The van der Waals surface area contributed by atoms with Gasteiger partial charge in [-0.05, 0) is 37.3 Å². The number of hydrogen-bond acceptors (Lipinski definition) is 6. The van der Waals surface area contributed by atoms with Crippen molar-refractivity contribution in [3.05, 3.63) is 59.4 Å². The number of anilines is 1. The van der Waals surface area contributed by atoms with Crippen molar-refractivity contribution in [1.82, 2.24) is 4.98 Å². The number of nitrogens with one attached hydrogen (secondary N) is 1. The SMILES string of the molecule is CC1(c2cc(NC(=O)c3ccc(F)cn3)ccc2F)CC2(CS(=O)C2)OC(N)=N1. The van der Waals surface area contributed by atoms with Gasteiger partial charge in [0.2, 0.25) is 0 Å². The van der Waals surface area contributed by atoms with Crippen molar-refractivity contribution in [3.8, 4) is 0 Å². The van der Waals surface area contributed by atoms with Crippen molar-refractivity contribution in [3.63, 3.8) is 0 Å². The molecule has 1 spiro atoms. The summed E-state index contributed by atoms with van der Waals surface area (Å²) < 4.78 is 44.9. The Morgan fingerprint density at radius 2 is 2.03 bits per heavy atom. The molecule has 1 unspecified atom stereocenters. The quantitative estimate of drug-likeness (QED) is 0.791. The molecule has 3 heterocycles. The zero-order valence-electron chi connectivity index (χ0n) is 15.4. The van der Waals surface area contributed by atoms with Gasteiger partial charge in [0.1, 0.15) is 22.9 Å². The molecule has 7 nitrogen and oxygen atoms in total. The highest BCUT2D eigenvalue weighted by Crippen LogP contribution is 2.44. The van der Waals surface area contributed by atoms with Crippen LogP contribution in [-0.4, -0.2) is 38.2 Å². The summed E-state index contributed by atoms with van der Waals surface area (Å²) in [6.07, 6.45) is 1.24. The smallest absolute Gasteiger partial charge is 0.283 e. The first-order chi connectivity index (χ1) is 13.7. The Labute approximate surface area is 167 Å². The van der Waals surface area contributed by atoms with Crippen molar-refractivity contribution in [2.24, 2.45) is 10.7 Å². The van der Waals surface area contributed by atoms with E-state index < -0.39 is 39.5 Å². The molecular formula is C19H18F2N4O3S. The fourth-order valence-corrected chi connectivity index (χ4v) is 5.18. The van der Waals surface area contributed by atoms with Gasteiger partial charge in [0.15, 0.2) is 0 Å². The van der Waals surface area contributed by atoms with Gasteiger partial charge in [-0.3, -0.25) is 9.00 Å². The third-order valence-electron chi connectivity index (χ3n) is 4.96. The molecule has 10 heteroatoms. The second-order valence-corrected chi connectivity index (χ2v) is 8.88. The summed E-state index contributed by atoms with van der Waals surface area (Å²) >= 11 is 0. The first kappa shape index (κ1) is 19.4. The van der Waals surface area contributed by atoms with Crippen LogP contribution < -0.4 is 11.1 Å². The lowest BCUT2D eigenvalue weighted by Crippen LogP contribution is -2.60. The molecule has 1 aromatic heterocycles. The molecule has 1 amide bonds. The lowest BCUT2D eigenvalue weighted by molar-refractivity contribution is 0.0339. The van der Waals surface area contributed by atoms with Crippen molar-refractivity contribution < 1.29 is 22.5 Å². The molecule has 0 radical (unpaired) electrons. The van der Waals surface area contributed by atoms with Gasteiger partial charge >= 0.3 is 0 Å². The second kappa shape index (κ2) is 6.87. The molecular weight excluding hydrogens is 402 g/mol. The van der Waals surface area contributed by atoms with E-state index in [9.17, 15) is 17.8 Å². The minimum atomic E-state index is -1.05. The molecule has 2 aliphatic rings. The number of carbonyl (C=O) groups is 1. The minimum Gasteiger partial charge on any atom is -0.457 e. The van der Waals surface area contributed by atoms with Gasteiger partial charge in [0.05, 0.1) is 23.2 Å². The number of aliphatic imine (C=N–C) groups is 1. The third kappa shape index (κ3) is 3.71. The number of hydrogen-bond donors (Lipinski definition) is 2. The Morgan fingerprint density at radius 1 is 1.28 bits per heavy atom. The molecule has 1 aromatic carbocycles. The van der Waals surface area contributed by atoms with E-state index in [0.717, 1.165) is 12.3 Å². The fraction of sp³-hybridized carbons (Fsp3) is 0.316. The molecule has 4 rings (SSSR count). The van der Waals surface area contributed by atoms with Crippen LogP contribution in [-0.2, 0) is 21.1 Å². The van der Waals surface area contributed by atoms with Gasteiger partial charge < -0.3 is 15.8 Å². The molecule has 1 atom stereocenters. The zero-order chi connectivity index (χ0) is 20.8. The fourth-order valence-electron chi connectivity index (χ4n) is 3.77. The molecule has 1 saturated heterocycles. The molecule has 152 valence electrons. The normalized spacial score (nSPS) is 28.2. The molecule has 3 N–H and O–H groups in total. The number of rotatable bonds is 3. The van der Waals surface area contributed by atoms with Gasteiger partial charge in [-0.25, -0.2) is 18.8 Å². The van der Waals surface area contributed by atoms with Crippen LogP contribution in [0.3, 0.4) is 0 Å². The molecule has 0 bridgehead atoms. The first-order valence-electron chi connectivity index (χ1n) is 8.80. The summed E-state index contributed by atoms with van der Waals surface area (Å²) in [7, 11) is -0.994. The maximum atomic E-state index is 14.7. The van der Waals surface area contributed by atoms with Crippen molar-refractivity contribution >= 4 is 28.4 Å². The topological polar surface area (TPSA) is 107 Å². The summed E-state index contributed by atoms with van der Waals surface area (Å²) in [5.41, 5.74) is 4.63. The van der Waals surface area contributed by atoms with Gasteiger partial charge in [0.25, 0.3) is 11.9 Å². The number of nitrogens with zero attached hydrogens (tertiary/aromatic N) is 2. The molecule has 2 aliphatic heterocycles. The van der Waals surface area contributed by atoms with E-state index in [4.69, 9.17) is 10.5 Å². The Balaban J connectivity index is 1.63. The number of ether oxygens (including phenoxy) is 1. The second-order valence-electron chi connectivity index (χ2n) is 7.42. The van der Waals surface area contributed by atoms with Crippen molar-refractivity contribution in [1.29, 1.82) is 0 Å². The van der Waals surface area contributed by atoms with Crippen LogP contribution in [0, 0.1) is 11.6 Å². The Kier molecular flexibility index (Phi) is 4.60. The molecule has 1 fully saturated rings. The number of nitrogens with two attached hydrogens (primary N) is 1. The van der Waals surface area contributed by atoms with Crippen LogP contribution in [0.2, 0.25) is 0 Å². The van der Waals surface area contributed by atoms with Crippen molar-refractivity contribution in [2.75, 3.05) is 16.8 Å². The maximum absolute atomic E-state index is 14.7. The number of pyridine rings is 1. The monoisotopic (exact) mass is 420 g/mol. The van der Waals surface area contributed by atoms with E-state index >= 15 is 0 Å². The van der Waals surface area contributed by atoms with E-state index in [1.54, 1.807) is 6.92 Å². The predicted octanol–water partition coefficient (Wildman–Crippen LogP) is 2.06. The largest absolute Gasteiger partial charge is 0.457 e.